The number of carbonyl (C=O) groups is 3. The molecule has 0 saturated carbocycles. The first-order valence-electron chi connectivity index (χ1n) is 12.0. The maximum absolute atomic E-state index is 12.5. The van der Waals surface area contributed by atoms with Gasteiger partial charge < -0.3 is 14.5 Å². The van der Waals surface area contributed by atoms with Crippen molar-refractivity contribution in [3.05, 3.63) is 60.7 Å². The zero-order chi connectivity index (χ0) is 23.5. The highest BCUT2D eigenvalue weighted by Crippen LogP contribution is 2.24. The van der Waals surface area contributed by atoms with Crippen molar-refractivity contribution >= 4 is 29.2 Å². The smallest absolute Gasteiger partial charge is 0.318 e. The van der Waals surface area contributed by atoms with E-state index in [2.05, 4.69) is 0 Å². The molecule has 2 fully saturated rings. The molecule has 2 saturated heterocycles. The fourth-order valence-electron chi connectivity index (χ4n) is 4.23. The lowest BCUT2D eigenvalue weighted by Crippen LogP contribution is -2.39. The molecule has 0 N–H and O–H groups in total. The molecule has 33 heavy (non-hydrogen) atoms. The topological polar surface area (TPSA) is 66.9 Å². The molecule has 176 valence electrons. The van der Waals surface area contributed by atoms with E-state index in [-0.39, 0.29) is 11.8 Å². The van der Waals surface area contributed by atoms with Crippen LogP contribution in [0.1, 0.15) is 51.9 Å². The third-order valence-electron chi connectivity index (χ3n) is 5.97. The van der Waals surface area contributed by atoms with Crippen LogP contribution in [0.15, 0.2) is 60.7 Å². The molecule has 2 aromatic carbocycles. The van der Waals surface area contributed by atoms with Crippen molar-refractivity contribution in [3.8, 4) is 0 Å². The Morgan fingerprint density at radius 3 is 2.03 bits per heavy atom. The first-order chi connectivity index (χ1) is 16.1. The van der Waals surface area contributed by atoms with Crippen LogP contribution in [-0.2, 0) is 19.1 Å². The number of rotatable bonds is 4. The zero-order valence-corrected chi connectivity index (χ0v) is 19.4. The van der Waals surface area contributed by atoms with Crippen molar-refractivity contribution in [1.29, 1.82) is 0 Å². The van der Waals surface area contributed by atoms with E-state index < -0.39 is 11.9 Å². The predicted molar refractivity (Wildman–Crippen MR) is 130 cm³/mol. The summed E-state index contributed by atoms with van der Waals surface area (Å²) >= 11 is 0. The number of nitrogens with zero attached hydrogens (tertiary/aromatic N) is 2. The van der Waals surface area contributed by atoms with Gasteiger partial charge in [0.15, 0.2) is 0 Å². The maximum atomic E-state index is 12.5. The predicted octanol–water partition coefficient (Wildman–Crippen LogP) is 4.98. The molecule has 0 aliphatic carbocycles. The van der Waals surface area contributed by atoms with Crippen LogP contribution < -0.4 is 9.80 Å². The van der Waals surface area contributed by atoms with Gasteiger partial charge in [0.25, 0.3) is 0 Å². The number of benzene rings is 2. The fourth-order valence-corrected chi connectivity index (χ4v) is 4.23. The van der Waals surface area contributed by atoms with Gasteiger partial charge in [0.2, 0.25) is 11.8 Å². The van der Waals surface area contributed by atoms with Gasteiger partial charge in [-0.3, -0.25) is 14.4 Å². The molecular formula is C27H34N2O4. The second-order valence-electron chi connectivity index (χ2n) is 8.32. The first-order valence-corrected chi connectivity index (χ1v) is 12.0. The van der Waals surface area contributed by atoms with Crippen molar-refractivity contribution < 1.29 is 19.1 Å². The highest BCUT2D eigenvalue weighted by molar-refractivity contribution is 6.06. The van der Waals surface area contributed by atoms with Crippen LogP contribution in [0.3, 0.4) is 0 Å². The van der Waals surface area contributed by atoms with E-state index in [9.17, 15) is 14.4 Å². The Morgan fingerprint density at radius 2 is 1.39 bits per heavy atom. The van der Waals surface area contributed by atoms with Gasteiger partial charge >= 0.3 is 5.97 Å². The molecule has 2 amide bonds. The summed E-state index contributed by atoms with van der Waals surface area (Å²) in [6.45, 7) is 3.61. The van der Waals surface area contributed by atoms with Gasteiger partial charge in [0.05, 0.1) is 6.61 Å². The third-order valence-corrected chi connectivity index (χ3v) is 5.97. The quantitative estimate of drug-likeness (QED) is 0.487. The minimum Gasteiger partial charge on any atom is -0.465 e. The standard InChI is InChI=1S/C15H19NO3.C12H15NO/c1-2-19-15(18)13-10-6-7-11-16(14(13)17)12-8-4-3-5-9-12;14-12-9-5-2-6-10-13(12)11-7-3-1-4-8-11/h3-5,8-9,13H,2,6-7,10-11H2,1H3;1,3-4,7-8H,2,5-6,9-10H2. The Balaban J connectivity index is 0.000000194. The molecule has 1 atom stereocenters. The van der Waals surface area contributed by atoms with Crippen LogP contribution >= 0.6 is 0 Å². The number of anilines is 2. The van der Waals surface area contributed by atoms with Gasteiger partial charge in [-0.2, -0.15) is 0 Å². The molecule has 6 heteroatoms. The van der Waals surface area contributed by atoms with E-state index in [0.29, 0.717) is 26.0 Å². The highest BCUT2D eigenvalue weighted by Gasteiger charge is 2.34. The van der Waals surface area contributed by atoms with Gasteiger partial charge in [0, 0.05) is 30.9 Å². The Kier molecular flexibility index (Phi) is 9.48. The lowest BCUT2D eigenvalue weighted by Gasteiger charge is -2.23. The van der Waals surface area contributed by atoms with Gasteiger partial charge in [0.1, 0.15) is 5.92 Å². The average Bonchev–Trinajstić information content (AvgIpc) is 3.18. The summed E-state index contributed by atoms with van der Waals surface area (Å²) in [7, 11) is 0. The van der Waals surface area contributed by atoms with Crippen molar-refractivity contribution in [1.82, 2.24) is 0 Å². The first kappa shape index (κ1) is 24.5. The molecule has 1 unspecified atom stereocenters. The van der Waals surface area contributed by atoms with Crippen LogP contribution in [0.2, 0.25) is 0 Å². The molecule has 2 heterocycles. The Bertz CT molecular complexity index is 901. The van der Waals surface area contributed by atoms with E-state index in [1.807, 2.05) is 65.6 Å². The third kappa shape index (κ3) is 6.91. The molecule has 0 bridgehead atoms. The molecular weight excluding hydrogens is 416 g/mol. The minimum atomic E-state index is -0.650. The summed E-state index contributed by atoms with van der Waals surface area (Å²) < 4.78 is 5.01. The second kappa shape index (κ2) is 12.8. The van der Waals surface area contributed by atoms with E-state index in [0.717, 1.165) is 43.6 Å². The largest absolute Gasteiger partial charge is 0.465 e. The summed E-state index contributed by atoms with van der Waals surface area (Å²) in [6, 6.07) is 19.4. The Hall–Kier alpha value is -3.15. The zero-order valence-electron chi connectivity index (χ0n) is 19.4. The minimum absolute atomic E-state index is 0.137. The van der Waals surface area contributed by atoms with Crippen molar-refractivity contribution in [2.75, 3.05) is 29.5 Å². The maximum Gasteiger partial charge on any atom is 0.318 e. The number of carbonyl (C=O) groups excluding carboxylic acids is 3. The molecule has 0 aromatic heterocycles. The molecule has 2 aromatic rings. The van der Waals surface area contributed by atoms with Gasteiger partial charge in [-0.25, -0.2) is 0 Å². The van der Waals surface area contributed by atoms with Crippen LogP contribution in [0.5, 0.6) is 0 Å². The molecule has 4 rings (SSSR count). The van der Waals surface area contributed by atoms with Crippen LogP contribution in [-0.4, -0.2) is 37.5 Å². The summed E-state index contributed by atoms with van der Waals surface area (Å²) in [4.78, 5) is 39.7. The van der Waals surface area contributed by atoms with E-state index in [1.54, 1.807) is 11.8 Å². The van der Waals surface area contributed by atoms with Crippen molar-refractivity contribution in [3.63, 3.8) is 0 Å². The van der Waals surface area contributed by atoms with E-state index in [1.165, 1.54) is 6.42 Å². The van der Waals surface area contributed by atoms with Gasteiger partial charge in [-0.1, -0.05) is 49.2 Å². The van der Waals surface area contributed by atoms with Gasteiger partial charge in [-0.15, -0.1) is 0 Å². The SMILES string of the molecule is CCOC(=O)C1CCCCN(c2ccccc2)C1=O.O=C1CCCCCN1c1ccccc1. The summed E-state index contributed by atoms with van der Waals surface area (Å²) in [5.74, 6) is -0.908. The van der Waals surface area contributed by atoms with Crippen molar-refractivity contribution in [2.45, 2.75) is 51.9 Å². The summed E-state index contributed by atoms with van der Waals surface area (Å²) in [5, 5.41) is 0. The second-order valence-corrected chi connectivity index (χ2v) is 8.32. The molecule has 2 aliphatic heterocycles. The molecule has 2 aliphatic rings. The number of para-hydroxylation sites is 2. The Labute approximate surface area is 196 Å². The van der Waals surface area contributed by atoms with E-state index >= 15 is 0 Å². The molecule has 0 radical (unpaired) electrons. The highest BCUT2D eigenvalue weighted by atomic mass is 16.5. The summed E-state index contributed by atoms with van der Waals surface area (Å²) in [5.41, 5.74) is 1.89. The van der Waals surface area contributed by atoms with Crippen molar-refractivity contribution in [2.24, 2.45) is 5.92 Å². The monoisotopic (exact) mass is 450 g/mol. The lowest BCUT2D eigenvalue weighted by molar-refractivity contribution is -0.151. The number of esters is 1. The number of ether oxygens (including phenoxy) is 1. The Morgan fingerprint density at radius 1 is 0.818 bits per heavy atom. The van der Waals surface area contributed by atoms with Crippen LogP contribution in [0.4, 0.5) is 11.4 Å². The van der Waals surface area contributed by atoms with Crippen LogP contribution in [0.25, 0.3) is 0 Å². The molecule has 0 spiro atoms. The van der Waals surface area contributed by atoms with Gasteiger partial charge in [-0.05, 0) is 56.9 Å². The number of amides is 2. The van der Waals surface area contributed by atoms with Crippen LogP contribution in [0, 0.1) is 5.92 Å². The normalized spacial score (nSPS) is 19.1. The average molecular weight is 451 g/mol. The number of hydrogen-bond donors (Lipinski definition) is 0. The van der Waals surface area contributed by atoms with E-state index in [4.69, 9.17) is 4.74 Å². The fraction of sp³-hybridized carbons (Fsp3) is 0.444. The lowest BCUT2D eigenvalue weighted by atomic mass is 10.0. The molecule has 6 nitrogen and oxygen atoms in total. The number of hydrogen-bond acceptors (Lipinski definition) is 4. The summed E-state index contributed by atoms with van der Waals surface area (Å²) in [6.07, 6.45) is 6.42.